The number of nitrogens with zero attached hydrogens (tertiary/aromatic N) is 2. The summed E-state index contributed by atoms with van der Waals surface area (Å²) in [5.41, 5.74) is 2.70. The topological polar surface area (TPSA) is 79.8 Å². The molecule has 0 fully saturated rings. The Hall–Kier alpha value is -2.02. The van der Waals surface area contributed by atoms with Crippen LogP contribution in [0.5, 0.6) is 0 Å². The van der Waals surface area contributed by atoms with Gasteiger partial charge in [0.25, 0.3) is 0 Å². The highest BCUT2D eigenvalue weighted by molar-refractivity contribution is 8.00. The molecule has 1 aromatic heterocycles. The zero-order valence-electron chi connectivity index (χ0n) is 14.5. The van der Waals surface area contributed by atoms with Crippen molar-refractivity contribution in [1.29, 1.82) is 0 Å². The highest BCUT2D eigenvalue weighted by Crippen LogP contribution is 2.23. The molecule has 0 aliphatic rings. The molecule has 24 heavy (non-hydrogen) atoms. The Morgan fingerprint density at radius 2 is 2.17 bits per heavy atom. The van der Waals surface area contributed by atoms with Gasteiger partial charge in [-0.05, 0) is 44.4 Å². The minimum Gasteiger partial charge on any atom is -0.325 e. The molecule has 130 valence electrons. The Kier molecular flexibility index (Phi) is 6.25. The number of carbonyl (C=O) groups excluding carboxylic acids is 1. The Morgan fingerprint density at radius 3 is 2.88 bits per heavy atom. The van der Waals surface area contributed by atoms with Crippen LogP contribution in [-0.4, -0.2) is 25.9 Å². The Bertz CT molecular complexity index is 766. The minimum absolute atomic E-state index is 0.105. The predicted molar refractivity (Wildman–Crippen MR) is 97.6 cm³/mol. The summed E-state index contributed by atoms with van der Waals surface area (Å²) in [5, 5.41) is 9.65. The highest BCUT2D eigenvalue weighted by atomic mass is 32.2. The van der Waals surface area contributed by atoms with Crippen LogP contribution in [0.2, 0.25) is 0 Å². The molecule has 6 nitrogen and oxygen atoms in total. The van der Waals surface area contributed by atoms with Gasteiger partial charge in [0.1, 0.15) is 0 Å². The molecule has 0 radical (unpaired) electrons. The van der Waals surface area contributed by atoms with Crippen LogP contribution in [-0.2, 0) is 11.3 Å². The number of unbranched alkanes of at least 4 members (excludes halogenated alkanes) is 1. The van der Waals surface area contributed by atoms with Gasteiger partial charge in [0.2, 0.25) is 5.91 Å². The minimum atomic E-state index is -0.361. The SMILES string of the molecule is CCCCn1c(S[C@H](C)C(=O)Nc2cc(C)ccc2C)n[nH]c1=O. The van der Waals surface area contributed by atoms with Crippen LogP contribution in [0.3, 0.4) is 0 Å². The quantitative estimate of drug-likeness (QED) is 0.754. The molecule has 0 saturated carbocycles. The molecule has 0 aliphatic heterocycles. The Balaban J connectivity index is 2.07. The molecule has 1 atom stereocenters. The molecule has 2 N–H and O–H groups in total. The number of amides is 1. The van der Waals surface area contributed by atoms with Crippen LogP contribution < -0.4 is 11.0 Å². The first-order valence-corrected chi connectivity index (χ1v) is 9.00. The number of H-pyrrole nitrogens is 1. The van der Waals surface area contributed by atoms with Crippen LogP contribution in [0, 0.1) is 13.8 Å². The first-order chi connectivity index (χ1) is 11.4. The van der Waals surface area contributed by atoms with E-state index in [1.807, 2.05) is 39.0 Å². The highest BCUT2D eigenvalue weighted by Gasteiger charge is 2.19. The number of aromatic nitrogens is 3. The molecule has 2 aromatic rings. The second-order valence-electron chi connectivity index (χ2n) is 5.88. The van der Waals surface area contributed by atoms with Crippen molar-refractivity contribution in [2.45, 2.75) is 57.5 Å². The first-order valence-electron chi connectivity index (χ1n) is 8.12. The molecule has 1 heterocycles. The maximum absolute atomic E-state index is 12.5. The lowest BCUT2D eigenvalue weighted by Gasteiger charge is -2.14. The fourth-order valence-corrected chi connectivity index (χ4v) is 3.11. The van der Waals surface area contributed by atoms with Crippen molar-refractivity contribution in [2.24, 2.45) is 0 Å². The van der Waals surface area contributed by atoms with E-state index in [0.717, 1.165) is 29.7 Å². The zero-order chi connectivity index (χ0) is 17.7. The lowest BCUT2D eigenvalue weighted by molar-refractivity contribution is -0.115. The summed E-state index contributed by atoms with van der Waals surface area (Å²) in [7, 11) is 0. The van der Waals surface area contributed by atoms with E-state index in [1.54, 1.807) is 4.57 Å². The number of aromatic amines is 1. The maximum atomic E-state index is 12.5. The van der Waals surface area contributed by atoms with E-state index >= 15 is 0 Å². The molecule has 7 heteroatoms. The summed E-state index contributed by atoms with van der Waals surface area (Å²) in [5.74, 6) is -0.105. The van der Waals surface area contributed by atoms with Crippen LogP contribution in [0.25, 0.3) is 0 Å². The van der Waals surface area contributed by atoms with E-state index in [0.29, 0.717) is 11.7 Å². The first kappa shape index (κ1) is 18.3. The Morgan fingerprint density at radius 1 is 1.42 bits per heavy atom. The number of hydrogen-bond acceptors (Lipinski definition) is 4. The second-order valence-corrected chi connectivity index (χ2v) is 7.19. The third-order valence-corrected chi connectivity index (χ3v) is 4.85. The number of aryl methyl sites for hydroxylation is 2. The largest absolute Gasteiger partial charge is 0.343 e. The van der Waals surface area contributed by atoms with E-state index in [4.69, 9.17) is 0 Å². The molecular weight excluding hydrogens is 324 g/mol. The smallest absolute Gasteiger partial charge is 0.325 e. The standard InChI is InChI=1S/C17H24N4O2S/c1-5-6-9-21-16(23)19-20-17(21)24-13(4)15(22)18-14-10-11(2)7-8-12(14)3/h7-8,10,13H,5-6,9H2,1-4H3,(H,18,22)(H,19,23)/t13-/m1/s1. The van der Waals surface area contributed by atoms with Gasteiger partial charge in [-0.1, -0.05) is 37.2 Å². The van der Waals surface area contributed by atoms with E-state index in [9.17, 15) is 9.59 Å². The summed E-state index contributed by atoms with van der Waals surface area (Å²) in [6, 6.07) is 5.95. The fourth-order valence-electron chi connectivity index (χ4n) is 2.22. The molecule has 0 spiro atoms. The number of rotatable bonds is 7. The second kappa shape index (κ2) is 8.19. The van der Waals surface area contributed by atoms with E-state index < -0.39 is 0 Å². The van der Waals surface area contributed by atoms with Crippen LogP contribution >= 0.6 is 11.8 Å². The molecule has 0 saturated heterocycles. The molecule has 0 aliphatic carbocycles. The Labute approximate surface area is 146 Å². The molecule has 2 rings (SSSR count). The number of carbonyl (C=O) groups is 1. The van der Waals surface area contributed by atoms with Crippen LogP contribution in [0.1, 0.15) is 37.8 Å². The lowest BCUT2D eigenvalue weighted by Crippen LogP contribution is -2.24. The normalized spacial score (nSPS) is 12.2. The number of thioether (sulfide) groups is 1. The average molecular weight is 348 g/mol. The molecule has 1 aromatic carbocycles. The summed E-state index contributed by atoms with van der Waals surface area (Å²) in [6.45, 7) is 8.44. The molecule has 0 unspecified atom stereocenters. The molecule has 1 amide bonds. The van der Waals surface area contributed by atoms with Gasteiger partial charge >= 0.3 is 5.69 Å². The number of nitrogens with one attached hydrogen (secondary N) is 2. The summed E-state index contributed by atoms with van der Waals surface area (Å²) in [4.78, 5) is 24.3. The number of benzene rings is 1. The van der Waals surface area contributed by atoms with Crippen LogP contribution in [0.15, 0.2) is 28.2 Å². The summed E-state index contributed by atoms with van der Waals surface area (Å²) in [6.07, 6.45) is 1.89. The van der Waals surface area contributed by atoms with Crippen molar-refractivity contribution < 1.29 is 4.79 Å². The third kappa shape index (κ3) is 4.50. The summed E-state index contributed by atoms with van der Waals surface area (Å²) >= 11 is 1.29. The zero-order valence-corrected chi connectivity index (χ0v) is 15.4. The van der Waals surface area contributed by atoms with Gasteiger partial charge < -0.3 is 5.32 Å². The van der Waals surface area contributed by atoms with Crippen molar-refractivity contribution in [3.05, 3.63) is 39.8 Å². The van der Waals surface area contributed by atoms with Gasteiger partial charge in [0, 0.05) is 12.2 Å². The molecule has 0 bridgehead atoms. The monoisotopic (exact) mass is 348 g/mol. The average Bonchev–Trinajstić information content (AvgIpc) is 2.88. The van der Waals surface area contributed by atoms with Gasteiger partial charge in [0.05, 0.1) is 5.25 Å². The van der Waals surface area contributed by atoms with Crippen molar-refractivity contribution in [3.8, 4) is 0 Å². The van der Waals surface area contributed by atoms with E-state index in [-0.39, 0.29) is 16.8 Å². The van der Waals surface area contributed by atoms with E-state index in [1.165, 1.54) is 11.8 Å². The van der Waals surface area contributed by atoms with Gasteiger partial charge in [-0.15, -0.1) is 5.10 Å². The van der Waals surface area contributed by atoms with Crippen LogP contribution in [0.4, 0.5) is 5.69 Å². The van der Waals surface area contributed by atoms with Crippen molar-refractivity contribution in [2.75, 3.05) is 5.32 Å². The van der Waals surface area contributed by atoms with E-state index in [2.05, 4.69) is 22.4 Å². The number of hydrogen-bond donors (Lipinski definition) is 2. The van der Waals surface area contributed by atoms with Crippen molar-refractivity contribution >= 4 is 23.4 Å². The summed E-state index contributed by atoms with van der Waals surface area (Å²) < 4.78 is 1.59. The van der Waals surface area contributed by atoms with Gasteiger partial charge in [-0.3, -0.25) is 9.36 Å². The fraction of sp³-hybridized carbons (Fsp3) is 0.471. The van der Waals surface area contributed by atoms with Gasteiger partial charge in [0.15, 0.2) is 5.16 Å². The number of anilines is 1. The van der Waals surface area contributed by atoms with Gasteiger partial charge in [-0.2, -0.15) is 0 Å². The molecular formula is C17H24N4O2S. The van der Waals surface area contributed by atoms with Crippen molar-refractivity contribution in [3.63, 3.8) is 0 Å². The van der Waals surface area contributed by atoms with Crippen molar-refractivity contribution in [1.82, 2.24) is 14.8 Å². The maximum Gasteiger partial charge on any atom is 0.343 e. The van der Waals surface area contributed by atoms with Gasteiger partial charge in [-0.25, -0.2) is 9.89 Å². The lowest BCUT2D eigenvalue weighted by atomic mass is 10.1. The third-order valence-electron chi connectivity index (χ3n) is 3.76. The predicted octanol–water partition coefficient (Wildman–Crippen LogP) is 3.11.